The van der Waals surface area contributed by atoms with Crippen molar-refractivity contribution in [3.63, 3.8) is 0 Å². The molecule has 184 valence electrons. The number of ether oxygens (including phenoxy) is 1. The quantitative estimate of drug-likeness (QED) is 0.380. The number of aromatic nitrogens is 2. The van der Waals surface area contributed by atoms with Crippen LogP contribution in [0.15, 0.2) is 79.4 Å². The van der Waals surface area contributed by atoms with E-state index in [4.69, 9.17) is 4.74 Å². The molecule has 4 aromatic rings. The van der Waals surface area contributed by atoms with Gasteiger partial charge in [-0.15, -0.1) is 0 Å². The van der Waals surface area contributed by atoms with E-state index < -0.39 is 23.6 Å². The summed E-state index contributed by atoms with van der Waals surface area (Å²) in [6, 6.07) is 17.5. The van der Waals surface area contributed by atoms with Crippen LogP contribution in [0.5, 0.6) is 11.5 Å². The summed E-state index contributed by atoms with van der Waals surface area (Å²) in [4.78, 5) is 19.3. The molecule has 0 saturated carbocycles. The van der Waals surface area contributed by atoms with Crippen LogP contribution in [0.4, 0.5) is 8.78 Å². The van der Waals surface area contributed by atoms with Gasteiger partial charge in [0.15, 0.2) is 0 Å². The molecule has 3 aromatic carbocycles. The van der Waals surface area contributed by atoms with Gasteiger partial charge in [0, 0.05) is 37.6 Å². The van der Waals surface area contributed by atoms with Crippen molar-refractivity contribution in [1.82, 2.24) is 14.5 Å². The number of rotatable bonds is 7. The first-order chi connectivity index (χ1) is 17.5. The van der Waals surface area contributed by atoms with Crippen LogP contribution < -0.4 is 4.74 Å². The molecule has 0 saturated heterocycles. The minimum absolute atomic E-state index is 0.0567. The smallest absolute Gasteiger partial charge is 0.264 e. The fourth-order valence-corrected chi connectivity index (χ4v) is 4.44. The van der Waals surface area contributed by atoms with E-state index in [1.165, 1.54) is 0 Å². The number of carbonyl (C=O) groups excluding carboxylic acids is 1. The van der Waals surface area contributed by atoms with E-state index in [9.17, 15) is 18.7 Å². The van der Waals surface area contributed by atoms with Gasteiger partial charge in [0.05, 0.1) is 6.33 Å². The highest BCUT2D eigenvalue weighted by Gasteiger charge is 2.28. The van der Waals surface area contributed by atoms with Crippen LogP contribution in [-0.4, -0.2) is 32.0 Å². The standard InChI is InChI=1S/C28H25F2N3O3/c29-27(30)22-13-24(34)26(25(14-22)36-17-19-4-2-1-3-5-19)28(35)33-10-8-21-7-6-20(12-23(21)16-33)15-32-11-9-31-18-32/h1-7,9,11-14,18,27,34H,8,10,15-17H2. The lowest BCUT2D eigenvalue weighted by atomic mass is 9.96. The Morgan fingerprint density at radius 1 is 1.06 bits per heavy atom. The summed E-state index contributed by atoms with van der Waals surface area (Å²) in [5.74, 6) is -1.03. The van der Waals surface area contributed by atoms with E-state index in [-0.39, 0.29) is 17.9 Å². The second-order valence-corrected chi connectivity index (χ2v) is 8.80. The average molecular weight is 490 g/mol. The minimum atomic E-state index is -2.81. The molecule has 0 spiro atoms. The number of amides is 1. The topological polar surface area (TPSA) is 67.6 Å². The Hall–Kier alpha value is -4.20. The molecule has 6 nitrogen and oxygen atoms in total. The highest BCUT2D eigenvalue weighted by molar-refractivity contribution is 6.00. The van der Waals surface area contributed by atoms with Crippen LogP contribution in [0.25, 0.3) is 0 Å². The number of alkyl halides is 2. The number of nitrogens with zero attached hydrogens (tertiary/aromatic N) is 3. The van der Waals surface area contributed by atoms with Crippen LogP contribution in [0.1, 0.15) is 44.6 Å². The lowest BCUT2D eigenvalue weighted by Crippen LogP contribution is -2.36. The zero-order chi connectivity index (χ0) is 25.1. The number of hydrogen-bond donors (Lipinski definition) is 1. The molecule has 2 heterocycles. The van der Waals surface area contributed by atoms with Crippen LogP contribution in [0, 0.1) is 0 Å². The maximum absolute atomic E-state index is 13.6. The first-order valence-electron chi connectivity index (χ1n) is 11.7. The largest absolute Gasteiger partial charge is 0.507 e. The molecule has 0 fully saturated rings. The Kier molecular flexibility index (Phi) is 6.66. The molecule has 1 N–H and O–H groups in total. The summed E-state index contributed by atoms with van der Waals surface area (Å²) in [7, 11) is 0. The Bertz CT molecular complexity index is 1360. The monoisotopic (exact) mass is 489 g/mol. The normalized spacial score (nSPS) is 13.0. The number of carbonyl (C=O) groups is 1. The Morgan fingerprint density at radius 3 is 2.64 bits per heavy atom. The minimum Gasteiger partial charge on any atom is -0.507 e. The van der Waals surface area contributed by atoms with E-state index in [0.29, 0.717) is 26.1 Å². The van der Waals surface area contributed by atoms with E-state index in [2.05, 4.69) is 23.2 Å². The van der Waals surface area contributed by atoms with E-state index in [1.54, 1.807) is 17.4 Å². The van der Waals surface area contributed by atoms with Crippen molar-refractivity contribution in [3.8, 4) is 11.5 Å². The third kappa shape index (κ3) is 5.07. The van der Waals surface area contributed by atoms with Gasteiger partial charge in [-0.05, 0) is 40.8 Å². The van der Waals surface area contributed by atoms with E-state index in [0.717, 1.165) is 34.4 Å². The number of fused-ring (bicyclic) bond motifs is 1. The molecule has 1 aromatic heterocycles. The summed E-state index contributed by atoms with van der Waals surface area (Å²) in [6.45, 7) is 1.53. The maximum atomic E-state index is 13.6. The predicted octanol–water partition coefficient (Wildman–Crippen LogP) is 5.35. The van der Waals surface area contributed by atoms with Crippen molar-refractivity contribution in [1.29, 1.82) is 0 Å². The van der Waals surface area contributed by atoms with Gasteiger partial charge in [-0.1, -0.05) is 48.5 Å². The van der Waals surface area contributed by atoms with Gasteiger partial charge in [0.2, 0.25) is 0 Å². The lowest BCUT2D eigenvalue weighted by Gasteiger charge is -2.30. The molecule has 8 heteroatoms. The molecular formula is C28H25F2N3O3. The first-order valence-corrected chi connectivity index (χ1v) is 11.7. The summed E-state index contributed by atoms with van der Waals surface area (Å²) < 4.78 is 34.7. The molecule has 36 heavy (non-hydrogen) atoms. The molecule has 1 aliphatic rings. The van der Waals surface area contributed by atoms with Crippen LogP contribution in [-0.2, 0) is 26.1 Å². The van der Waals surface area contributed by atoms with Crippen molar-refractivity contribution in [3.05, 3.63) is 113 Å². The number of aromatic hydroxyl groups is 1. The third-order valence-electron chi connectivity index (χ3n) is 6.30. The van der Waals surface area contributed by atoms with Gasteiger partial charge in [-0.2, -0.15) is 0 Å². The number of benzene rings is 3. The average Bonchev–Trinajstić information content (AvgIpc) is 3.40. The maximum Gasteiger partial charge on any atom is 0.264 e. The molecule has 1 aliphatic heterocycles. The molecule has 0 unspecified atom stereocenters. The number of hydrogen-bond acceptors (Lipinski definition) is 4. The van der Waals surface area contributed by atoms with Crippen molar-refractivity contribution >= 4 is 5.91 Å². The van der Waals surface area contributed by atoms with Crippen LogP contribution >= 0.6 is 0 Å². The third-order valence-corrected chi connectivity index (χ3v) is 6.30. The number of phenols is 1. The zero-order valence-corrected chi connectivity index (χ0v) is 19.5. The molecular weight excluding hydrogens is 464 g/mol. The van der Waals surface area contributed by atoms with E-state index >= 15 is 0 Å². The number of imidazole rings is 1. The second kappa shape index (κ2) is 10.2. The summed E-state index contributed by atoms with van der Waals surface area (Å²) in [5, 5.41) is 10.6. The molecule has 5 rings (SSSR count). The molecule has 0 bridgehead atoms. The molecule has 0 atom stereocenters. The number of halogens is 2. The highest BCUT2D eigenvalue weighted by atomic mass is 19.3. The van der Waals surface area contributed by atoms with Gasteiger partial charge in [-0.3, -0.25) is 4.79 Å². The van der Waals surface area contributed by atoms with Crippen molar-refractivity contribution in [2.24, 2.45) is 0 Å². The Labute approximate surface area is 207 Å². The Morgan fingerprint density at radius 2 is 1.89 bits per heavy atom. The van der Waals surface area contributed by atoms with Gasteiger partial charge < -0.3 is 19.3 Å². The lowest BCUT2D eigenvalue weighted by molar-refractivity contribution is 0.0725. The van der Waals surface area contributed by atoms with Gasteiger partial charge >= 0.3 is 0 Å². The fraction of sp³-hybridized carbons (Fsp3) is 0.214. The summed E-state index contributed by atoms with van der Waals surface area (Å²) in [6.07, 6.45) is 3.20. The Balaban J connectivity index is 1.40. The van der Waals surface area contributed by atoms with Crippen molar-refractivity contribution < 1.29 is 23.4 Å². The predicted molar refractivity (Wildman–Crippen MR) is 130 cm³/mol. The number of phenolic OH excluding ortho intramolecular Hbond substituents is 1. The molecule has 0 radical (unpaired) electrons. The fourth-order valence-electron chi connectivity index (χ4n) is 4.44. The zero-order valence-electron chi connectivity index (χ0n) is 19.5. The van der Waals surface area contributed by atoms with Gasteiger partial charge in [-0.25, -0.2) is 13.8 Å². The first kappa shape index (κ1) is 23.5. The van der Waals surface area contributed by atoms with E-state index in [1.807, 2.05) is 41.1 Å². The SMILES string of the molecule is O=C(c1c(O)cc(C(F)F)cc1OCc1ccccc1)N1CCc2ccc(Cn3ccnc3)cc2C1. The van der Waals surface area contributed by atoms with Gasteiger partial charge in [0.25, 0.3) is 12.3 Å². The van der Waals surface area contributed by atoms with Crippen molar-refractivity contribution in [2.45, 2.75) is 32.5 Å². The summed E-state index contributed by atoms with van der Waals surface area (Å²) in [5.41, 5.74) is 3.56. The van der Waals surface area contributed by atoms with Crippen molar-refractivity contribution in [2.75, 3.05) is 6.54 Å². The summed E-state index contributed by atoms with van der Waals surface area (Å²) >= 11 is 0. The second-order valence-electron chi connectivity index (χ2n) is 8.80. The van der Waals surface area contributed by atoms with Gasteiger partial charge in [0.1, 0.15) is 23.7 Å². The van der Waals surface area contributed by atoms with Crippen LogP contribution in [0.3, 0.4) is 0 Å². The molecule has 0 aliphatic carbocycles. The molecule has 1 amide bonds. The van der Waals surface area contributed by atoms with Crippen LogP contribution in [0.2, 0.25) is 0 Å². The highest BCUT2D eigenvalue weighted by Crippen LogP contribution is 2.36.